The fourth-order valence-electron chi connectivity index (χ4n) is 2.81. The molecule has 0 heterocycles. The number of aliphatic hydroxyl groups excluding tert-OH is 1. The highest BCUT2D eigenvalue weighted by Gasteiger charge is 2.27. The van der Waals surface area contributed by atoms with Crippen molar-refractivity contribution in [2.24, 2.45) is 11.8 Å². The predicted octanol–water partition coefficient (Wildman–Crippen LogP) is 3.17. The Labute approximate surface area is 108 Å². The first-order valence-corrected chi connectivity index (χ1v) is 6.60. The van der Waals surface area contributed by atoms with E-state index in [1.54, 1.807) is 12.1 Å². The molecule has 100 valence electrons. The normalized spacial score (nSPS) is 28.1. The van der Waals surface area contributed by atoms with Gasteiger partial charge in [-0.25, -0.2) is 4.39 Å². The van der Waals surface area contributed by atoms with E-state index in [-0.39, 0.29) is 17.8 Å². The number of ether oxygens (including phenoxy) is 1. The molecule has 2 nitrogen and oxygen atoms in total. The zero-order valence-electron chi connectivity index (χ0n) is 11.0. The third kappa shape index (κ3) is 3.02. The van der Waals surface area contributed by atoms with E-state index in [0.29, 0.717) is 23.7 Å². The van der Waals surface area contributed by atoms with Crippen LogP contribution in [0.5, 0.6) is 5.75 Å². The van der Waals surface area contributed by atoms with Crippen molar-refractivity contribution in [2.45, 2.75) is 38.7 Å². The van der Waals surface area contributed by atoms with Crippen LogP contribution in [-0.2, 0) is 6.42 Å². The maximum absolute atomic E-state index is 13.9. The van der Waals surface area contributed by atoms with Crippen LogP contribution in [0.3, 0.4) is 0 Å². The summed E-state index contributed by atoms with van der Waals surface area (Å²) in [6.07, 6.45) is 3.21. The molecule has 1 N–H and O–H groups in total. The van der Waals surface area contributed by atoms with Crippen LogP contribution in [0.15, 0.2) is 18.2 Å². The van der Waals surface area contributed by atoms with Gasteiger partial charge in [-0.3, -0.25) is 0 Å². The third-order valence-electron chi connectivity index (χ3n) is 3.95. The summed E-state index contributed by atoms with van der Waals surface area (Å²) in [6, 6.07) is 4.95. The minimum absolute atomic E-state index is 0.177. The van der Waals surface area contributed by atoms with Gasteiger partial charge in [-0.1, -0.05) is 13.0 Å². The van der Waals surface area contributed by atoms with E-state index in [1.807, 2.05) is 0 Å². The maximum Gasteiger partial charge on any atom is 0.130 e. The molecule has 18 heavy (non-hydrogen) atoms. The summed E-state index contributed by atoms with van der Waals surface area (Å²) in [5.41, 5.74) is 0.675. The van der Waals surface area contributed by atoms with Gasteiger partial charge in [0.25, 0.3) is 0 Å². The topological polar surface area (TPSA) is 29.5 Å². The first-order chi connectivity index (χ1) is 8.60. The fraction of sp³-hybridized carbons (Fsp3) is 0.600. The molecule has 1 aliphatic rings. The van der Waals surface area contributed by atoms with Gasteiger partial charge in [-0.15, -0.1) is 0 Å². The summed E-state index contributed by atoms with van der Waals surface area (Å²) in [4.78, 5) is 0. The van der Waals surface area contributed by atoms with Crippen molar-refractivity contribution in [3.63, 3.8) is 0 Å². The molecule has 1 aliphatic carbocycles. The Morgan fingerprint density at radius 3 is 2.83 bits per heavy atom. The number of rotatable bonds is 3. The van der Waals surface area contributed by atoms with Crippen LogP contribution in [-0.4, -0.2) is 18.3 Å². The number of halogens is 1. The highest BCUT2D eigenvalue weighted by Crippen LogP contribution is 2.32. The second-order valence-electron chi connectivity index (χ2n) is 5.41. The molecule has 1 aromatic carbocycles. The van der Waals surface area contributed by atoms with Crippen LogP contribution in [0.25, 0.3) is 0 Å². The van der Waals surface area contributed by atoms with E-state index in [4.69, 9.17) is 4.74 Å². The first kappa shape index (κ1) is 13.3. The molecular formula is C15H21FO2. The van der Waals surface area contributed by atoms with Gasteiger partial charge in [0.2, 0.25) is 0 Å². The van der Waals surface area contributed by atoms with E-state index < -0.39 is 0 Å². The second-order valence-corrected chi connectivity index (χ2v) is 5.41. The molecular weight excluding hydrogens is 231 g/mol. The maximum atomic E-state index is 13.9. The molecule has 0 amide bonds. The zero-order chi connectivity index (χ0) is 13.1. The lowest BCUT2D eigenvalue weighted by Gasteiger charge is -2.31. The lowest BCUT2D eigenvalue weighted by Crippen LogP contribution is -2.29. The van der Waals surface area contributed by atoms with Gasteiger partial charge < -0.3 is 9.84 Å². The molecule has 0 radical (unpaired) electrons. The monoisotopic (exact) mass is 252 g/mol. The Balaban J connectivity index is 2.08. The van der Waals surface area contributed by atoms with Gasteiger partial charge in [0.1, 0.15) is 11.6 Å². The summed E-state index contributed by atoms with van der Waals surface area (Å²) in [5, 5.41) is 9.99. The molecule has 1 fully saturated rings. The molecule has 3 heteroatoms. The minimum atomic E-state index is -0.289. The molecule has 0 aliphatic heterocycles. The molecule has 0 saturated heterocycles. The highest BCUT2D eigenvalue weighted by molar-refractivity contribution is 5.29. The second kappa shape index (κ2) is 5.70. The molecule has 0 bridgehead atoms. The Morgan fingerprint density at radius 2 is 2.17 bits per heavy atom. The van der Waals surface area contributed by atoms with Crippen LogP contribution in [0.1, 0.15) is 31.7 Å². The van der Waals surface area contributed by atoms with Crippen LogP contribution in [0.2, 0.25) is 0 Å². The summed E-state index contributed by atoms with van der Waals surface area (Å²) in [7, 11) is 1.53. The number of aliphatic hydroxyl groups is 1. The van der Waals surface area contributed by atoms with Crippen molar-refractivity contribution < 1.29 is 14.2 Å². The predicted molar refractivity (Wildman–Crippen MR) is 69.2 cm³/mol. The average Bonchev–Trinajstić information content (AvgIpc) is 2.36. The molecule has 0 aromatic heterocycles. The summed E-state index contributed by atoms with van der Waals surface area (Å²) in [5.74, 6) is 1.10. The highest BCUT2D eigenvalue weighted by atomic mass is 19.1. The van der Waals surface area contributed by atoms with Gasteiger partial charge >= 0.3 is 0 Å². The van der Waals surface area contributed by atoms with Gasteiger partial charge in [0.15, 0.2) is 0 Å². The van der Waals surface area contributed by atoms with Crippen LogP contribution in [0.4, 0.5) is 4.39 Å². The van der Waals surface area contributed by atoms with E-state index in [1.165, 1.54) is 13.2 Å². The first-order valence-electron chi connectivity index (χ1n) is 6.60. The lowest BCUT2D eigenvalue weighted by molar-refractivity contribution is 0.0515. The Kier molecular flexibility index (Phi) is 4.23. The minimum Gasteiger partial charge on any atom is -0.497 e. The molecule has 3 unspecified atom stereocenters. The summed E-state index contributed by atoms with van der Waals surface area (Å²) < 4.78 is 18.8. The molecule has 1 saturated carbocycles. The van der Waals surface area contributed by atoms with Gasteiger partial charge in [0, 0.05) is 6.07 Å². The third-order valence-corrected chi connectivity index (χ3v) is 3.95. The van der Waals surface area contributed by atoms with Crippen molar-refractivity contribution in [1.82, 2.24) is 0 Å². The van der Waals surface area contributed by atoms with E-state index >= 15 is 0 Å². The molecule has 0 spiro atoms. The molecule has 2 rings (SSSR count). The molecule has 3 atom stereocenters. The van der Waals surface area contributed by atoms with Gasteiger partial charge in [-0.2, -0.15) is 0 Å². The van der Waals surface area contributed by atoms with Crippen LogP contribution >= 0.6 is 0 Å². The molecule has 1 aromatic rings. The summed E-state index contributed by atoms with van der Waals surface area (Å²) >= 11 is 0. The largest absolute Gasteiger partial charge is 0.497 e. The Morgan fingerprint density at radius 1 is 1.39 bits per heavy atom. The van der Waals surface area contributed by atoms with Gasteiger partial charge in [0.05, 0.1) is 13.2 Å². The zero-order valence-corrected chi connectivity index (χ0v) is 11.0. The number of benzene rings is 1. The van der Waals surface area contributed by atoms with Crippen molar-refractivity contribution in [3.8, 4) is 5.75 Å². The van der Waals surface area contributed by atoms with Crippen molar-refractivity contribution in [1.29, 1.82) is 0 Å². The number of methoxy groups -OCH3 is 1. The van der Waals surface area contributed by atoms with E-state index in [0.717, 1.165) is 19.3 Å². The summed E-state index contributed by atoms with van der Waals surface area (Å²) in [6.45, 7) is 2.20. The quantitative estimate of drug-likeness (QED) is 0.895. The smallest absolute Gasteiger partial charge is 0.130 e. The number of hydrogen-bond donors (Lipinski definition) is 1. The SMILES string of the molecule is COc1ccc(CC2CC(C)CCC2O)c(F)c1. The average molecular weight is 252 g/mol. The van der Waals surface area contributed by atoms with Crippen molar-refractivity contribution in [3.05, 3.63) is 29.6 Å². The lowest BCUT2D eigenvalue weighted by atomic mass is 9.77. The van der Waals surface area contributed by atoms with E-state index in [2.05, 4.69) is 6.92 Å². The van der Waals surface area contributed by atoms with Crippen molar-refractivity contribution >= 4 is 0 Å². The fourth-order valence-corrected chi connectivity index (χ4v) is 2.81. The van der Waals surface area contributed by atoms with Crippen LogP contribution in [0, 0.1) is 17.7 Å². The Bertz CT molecular complexity index is 405. The standard InChI is InChI=1S/C15H21FO2/c1-10-3-6-15(17)12(7-10)8-11-4-5-13(18-2)9-14(11)16/h4-5,9-10,12,15,17H,3,6-8H2,1-2H3. The van der Waals surface area contributed by atoms with E-state index in [9.17, 15) is 9.50 Å². The van der Waals surface area contributed by atoms with Crippen molar-refractivity contribution in [2.75, 3.05) is 7.11 Å². The Hall–Kier alpha value is -1.09. The van der Waals surface area contributed by atoms with Gasteiger partial charge in [-0.05, 0) is 49.1 Å². The number of hydrogen-bond acceptors (Lipinski definition) is 2. The van der Waals surface area contributed by atoms with Crippen LogP contribution < -0.4 is 4.74 Å².